The molecule has 0 aromatic heterocycles. The van der Waals surface area contributed by atoms with Crippen LogP contribution in [-0.4, -0.2) is 25.6 Å². The lowest BCUT2D eigenvalue weighted by Gasteiger charge is -2.10. The second kappa shape index (κ2) is 7.92. The first kappa shape index (κ1) is 17.9. The van der Waals surface area contributed by atoms with Gasteiger partial charge in [0.15, 0.2) is 9.84 Å². The first-order valence-corrected chi connectivity index (χ1v) is 9.43. The first-order chi connectivity index (χ1) is 11.4. The Morgan fingerprint density at radius 1 is 1.08 bits per heavy atom. The number of para-hydroxylation sites is 1. The molecule has 2 aromatic carbocycles. The van der Waals surface area contributed by atoms with Crippen LogP contribution in [0.5, 0.6) is 0 Å². The summed E-state index contributed by atoms with van der Waals surface area (Å²) in [4.78, 5) is 10.6. The SMILES string of the molecule is Cc1cccc([N+](=O)[O-])c1NCCCS(=O)(=O)Cc1ccccc1. The zero-order valence-corrected chi connectivity index (χ0v) is 14.3. The molecule has 0 amide bonds. The van der Waals surface area contributed by atoms with Gasteiger partial charge in [-0.15, -0.1) is 0 Å². The Morgan fingerprint density at radius 3 is 2.46 bits per heavy atom. The van der Waals surface area contributed by atoms with E-state index < -0.39 is 14.8 Å². The van der Waals surface area contributed by atoms with Gasteiger partial charge in [0.1, 0.15) is 5.69 Å². The maximum atomic E-state index is 12.1. The number of sulfone groups is 1. The number of benzene rings is 2. The average Bonchev–Trinajstić information content (AvgIpc) is 2.53. The molecule has 0 aliphatic heterocycles. The van der Waals surface area contributed by atoms with Crippen LogP contribution in [0, 0.1) is 17.0 Å². The minimum atomic E-state index is -3.20. The van der Waals surface area contributed by atoms with Gasteiger partial charge in [-0.2, -0.15) is 0 Å². The van der Waals surface area contributed by atoms with E-state index in [0.717, 1.165) is 11.1 Å². The molecule has 0 aliphatic rings. The van der Waals surface area contributed by atoms with Crippen LogP contribution >= 0.6 is 0 Å². The fourth-order valence-electron chi connectivity index (χ4n) is 2.44. The highest BCUT2D eigenvalue weighted by molar-refractivity contribution is 7.90. The Balaban J connectivity index is 1.90. The average molecular weight is 348 g/mol. The summed E-state index contributed by atoms with van der Waals surface area (Å²) >= 11 is 0. The van der Waals surface area contributed by atoms with Crippen LogP contribution in [0.25, 0.3) is 0 Å². The fourth-order valence-corrected chi connectivity index (χ4v) is 3.87. The maximum absolute atomic E-state index is 12.1. The third kappa shape index (κ3) is 5.06. The fraction of sp³-hybridized carbons (Fsp3) is 0.294. The van der Waals surface area contributed by atoms with Crippen LogP contribution in [0.15, 0.2) is 48.5 Å². The van der Waals surface area contributed by atoms with Gasteiger partial charge >= 0.3 is 0 Å². The molecule has 0 radical (unpaired) electrons. The molecule has 0 saturated heterocycles. The number of hydrogen-bond donors (Lipinski definition) is 1. The second-order valence-corrected chi connectivity index (χ2v) is 7.77. The van der Waals surface area contributed by atoms with Gasteiger partial charge in [0, 0.05) is 12.6 Å². The number of hydrogen-bond acceptors (Lipinski definition) is 5. The van der Waals surface area contributed by atoms with E-state index in [0.29, 0.717) is 18.7 Å². The van der Waals surface area contributed by atoms with E-state index in [2.05, 4.69) is 5.32 Å². The summed E-state index contributed by atoms with van der Waals surface area (Å²) < 4.78 is 24.2. The molecule has 6 nitrogen and oxygen atoms in total. The Hall–Kier alpha value is -2.41. The van der Waals surface area contributed by atoms with E-state index in [9.17, 15) is 18.5 Å². The molecule has 0 fully saturated rings. The molecule has 2 aromatic rings. The highest BCUT2D eigenvalue weighted by Crippen LogP contribution is 2.27. The standard InChI is InChI=1S/C17H20N2O4S/c1-14-7-5-10-16(19(20)21)17(14)18-11-6-12-24(22,23)13-15-8-3-2-4-9-15/h2-5,7-10,18H,6,11-13H2,1H3. The zero-order valence-electron chi connectivity index (χ0n) is 13.4. The van der Waals surface area contributed by atoms with E-state index in [-0.39, 0.29) is 17.2 Å². The van der Waals surface area contributed by atoms with Crippen molar-refractivity contribution >= 4 is 21.2 Å². The summed E-state index contributed by atoms with van der Waals surface area (Å²) in [6, 6.07) is 13.9. The van der Waals surface area contributed by atoms with Crippen molar-refractivity contribution in [1.82, 2.24) is 0 Å². The summed E-state index contributed by atoms with van der Waals surface area (Å²) in [7, 11) is -3.20. The molecule has 2 rings (SSSR count). The quantitative estimate of drug-likeness (QED) is 0.449. The van der Waals surface area contributed by atoms with Gasteiger partial charge in [-0.25, -0.2) is 8.42 Å². The topological polar surface area (TPSA) is 89.3 Å². The van der Waals surface area contributed by atoms with Crippen molar-refractivity contribution in [1.29, 1.82) is 0 Å². The Bertz CT molecular complexity index is 805. The van der Waals surface area contributed by atoms with Crippen molar-refractivity contribution in [2.45, 2.75) is 19.1 Å². The van der Waals surface area contributed by atoms with Crippen molar-refractivity contribution in [3.63, 3.8) is 0 Å². The highest BCUT2D eigenvalue weighted by Gasteiger charge is 2.16. The van der Waals surface area contributed by atoms with Crippen LogP contribution < -0.4 is 5.32 Å². The highest BCUT2D eigenvalue weighted by atomic mass is 32.2. The van der Waals surface area contributed by atoms with Crippen molar-refractivity contribution in [3.05, 3.63) is 69.8 Å². The Labute approximate surface area is 141 Å². The van der Waals surface area contributed by atoms with Gasteiger partial charge in [-0.1, -0.05) is 42.5 Å². The Kier molecular flexibility index (Phi) is 5.92. The normalized spacial score (nSPS) is 11.2. The number of nitrogens with one attached hydrogen (secondary N) is 1. The van der Waals surface area contributed by atoms with E-state index in [1.165, 1.54) is 6.07 Å². The predicted molar refractivity (Wildman–Crippen MR) is 94.9 cm³/mol. The van der Waals surface area contributed by atoms with Crippen molar-refractivity contribution < 1.29 is 13.3 Å². The van der Waals surface area contributed by atoms with Gasteiger partial charge in [0.2, 0.25) is 0 Å². The minimum absolute atomic E-state index is 0.00198. The number of nitrogens with zero attached hydrogens (tertiary/aromatic N) is 1. The van der Waals surface area contributed by atoms with Crippen LogP contribution in [0.4, 0.5) is 11.4 Å². The molecular formula is C17H20N2O4S. The van der Waals surface area contributed by atoms with Crippen LogP contribution in [0.3, 0.4) is 0 Å². The molecule has 0 heterocycles. The second-order valence-electron chi connectivity index (χ2n) is 5.58. The first-order valence-electron chi connectivity index (χ1n) is 7.61. The number of rotatable bonds is 8. The van der Waals surface area contributed by atoms with Crippen LogP contribution in [0.2, 0.25) is 0 Å². The summed E-state index contributed by atoms with van der Waals surface area (Å²) in [5.74, 6) is 0.0485. The maximum Gasteiger partial charge on any atom is 0.292 e. The lowest BCUT2D eigenvalue weighted by Crippen LogP contribution is -2.14. The molecule has 0 unspecified atom stereocenters. The van der Waals surface area contributed by atoms with Gasteiger partial charge < -0.3 is 5.32 Å². The van der Waals surface area contributed by atoms with E-state index in [1.54, 1.807) is 31.2 Å². The summed E-state index contributed by atoms with van der Waals surface area (Å²) in [6.45, 7) is 2.14. The molecular weight excluding hydrogens is 328 g/mol. The van der Waals surface area contributed by atoms with Gasteiger partial charge in [-0.05, 0) is 24.5 Å². The molecule has 0 atom stereocenters. The summed E-state index contributed by atoms with van der Waals surface area (Å²) in [5.41, 5.74) is 1.97. The zero-order chi connectivity index (χ0) is 17.6. The molecule has 24 heavy (non-hydrogen) atoms. The number of nitro benzene ring substituents is 1. The lowest BCUT2D eigenvalue weighted by atomic mass is 10.1. The van der Waals surface area contributed by atoms with E-state index >= 15 is 0 Å². The third-order valence-electron chi connectivity index (χ3n) is 3.61. The smallest absolute Gasteiger partial charge is 0.292 e. The number of nitro groups is 1. The van der Waals surface area contributed by atoms with Gasteiger partial charge in [0.25, 0.3) is 5.69 Å². The summed E-state index contributed by atoms with van der Waals surface area (Å²) in [6.07, 6.45) is 0.390. The monoisotopic (exact) mass is 348 g/mol. The van der Waals surface area contributed by atoms with Crippen molar-refractivity contribution in [3.8, 4) is 0 Å². The largest absolute Gasteiger partial charge is 0.379 e. The molecule has 0 bridgehead atoms. The third-order valence-corrected chi connectivity index (χ3v) is 5.29. The predicted octanol–water partition coefficient (Wildman–Crippen LogP) is 3.32. The molecule has 0 saturated carbocycles. The van der Waals surface area contributed by atoms with Crippen LogP contribution in [0.1, 0.15) is 17.5 Å². The van der Waals surface area contributed by atoms with E-state index in [4.69, 9.17) is 0 Å². The lowest BCUT2D eigenvalue weighted by molar-refractivity contribution is -0.384. The van der Waals surface area contributed by atoms with Gasteiger partial charge in [-0.3, -0.25) is 10.1 Å². The van der Waals surface area contributed by atoms with Gasteiger partial charge in [0.05, 0.1) is 16.4 Å². The van der Waals surface area contributed by atoms with Crippen molar-refractivity contribution in [2.24, 2.45) is 0 Å². The summed E-state index contributed by atoms with van der Waals surface area (Å²) in [5, 5.41) is 14.0. The molecule has 7 heteroatoms. The van der Waals surface area contributed by atoms with Crippen molar-refractivity contribution in [2.75, 3.05) is 17.6 Å². The number of aryl methyl sites for hydroxylation is 1. The molecule has 0 spiro atoms. The molecule has 0 aliphatic carbocycles. The van der Waals surface area contributed by atoms with Crippen LogP contribution in [-0.2, 0) is 15.6 Å². The van der Waals surface area contributed by atoms with E-state index in [1.807, 2.05) is 18.2 Å². The molecule has 128 valence electrons. The minimum Gasteiger partial charge on any atom is -0.379 e. The number of anilines is 1. The Morgan fingerprint density at radius 2 is 1.79 bits per heavy atom. The molecule has 1 N–H and O–H groups in total.